The Kier molecular flexibility index (Phi) is 3.62. The smallest absolute Gasteiger partial charge is 0.242 e. The van der Waals surface area contributed by atoms with Crippen LogP contribution in [0.15, 0.2) is 36.8 Å². The average molecular weight is 270 g/mol. The molecule has 3 rings (SSSR count). The van der Waals surface area contributed by atoms with Gasteiger partial charge in [0.1, 0.15) is 11.7 Å². The first kappa shape index (κ1) is 12.6. The van der Waals surface area contributed by atoms with Gasteiger partial charge in [0.2, 0.25) is 5.91 Å². The molecule has 1 aliphatic rings. The van der Waals surface area contributed by atoms with Gasteiger partial charge in [-0.1, -0.05) is 6.07 Å². The largest absolute Gasteiger partial charge is 0.322 e. The van der Waals surface area contributed by atoms with Crippen LogP contribution in [0.4, 0.5) is 5.69 Å². The van der Waals surface area contributed by atoms with Gasteiger partial charge < -0.3 is 5.32 Å². The van der Waals surface area contributed by atoms with Crippen LogP contribution in [0.1, 0.15) is 6.42 Å². The average Bonchev–Trinajstić information content (AvgIpc) is 3.03. The number of amides is 1. The summed E-state index contributed by atoms with van der Waals surface area (Å²) < 4.78 is 0. The molecule has 7 heteroatoms. The van der Waals surface area contributed by atoms with Crippen LogP contribution in [0.3, 0.4) is 0 Å². The van der Waals surface area contributed by atoms with Crippen molar-refractivity contribution in [1.29, 1.82) is 0 Å². The van der Waals surface area contributed by atoms with Crippen molar-refractivity contribution in [1.82, 2.24) is 25.8 Å². The number of anilines is 1. The van der Waals surface area contributed by atoms with E-state index in [9.17, 15) is 4.79 Å². The van der Waals surface area contributed by atoms with E-state index in [0.717, 1.165) is 13.0 Å². The summed E-state index contributed by atoms with van der Waals surface area (Å²) in [5.74, 6) is 0.438. The lowest BCUT2D eigenvalue weighted by Crippen LogP contribution is -2.39. The SMILES string of the molecule is O=C(Nc1cnc(-c2ccccn2)nc1)C1CCNN1. The Morgan fingerprint density at radius 3 is 2.75 bits per heavy atom. The number of pyridine rings is 1. The van der Waals surface area contributed by atoms with E-state index in [2.05, 4.69) is 31.1 Å². The van der Waals surface area contributed by atoms with E-state index in [1.807, 2.05) is 18.2 Å². The van der Waals surface area contributed by atoms with Gasteiger partial charge in [-0.3, -0.25) is 15.2 Å². The fraction of sp³-hybridized carbons (Fsp3) is 0.231. The van der Waals surface area contributed by atoms with Crippen molar-refractivity contribution in [2.45, 2.75) is 12.5 Å². The van der Waals surface area contributed by atoms with E-state index < -0.39 is 0 Å². The summed E-state index contributed by atoms with van der Waals surface area (Å²) in [5.41, 5.74) is 7.09. The summed E-state index contributed by atoms with van der Waals surface area (Å²) in [6, 6.07) is 5.33. The molecule has 102 valence electrons. The number of hydrazine groups is 1. The number of hydrogen-bond acceptors (Lipinski definition) is 6. The van der Waals surface area contributed by atoms with Crippen LogP contribution in [-0.2, 0) is 4.79 Å². The zero-order chi connectivity index (χ0) is 13.8. The van der Waals surface area contributed by atoms with Crippen LogP contribution >= 0.6 is 0 Å². The second-order valence-corrected chi connectivity index (χ2v) is 4.41. The van der Waals surface area contributed by atoms with Crippen LogP contribution in [0.25, 0.3) is 11.5 Å². The van der Waals surface area contributed by atoms with Gasteiger partial charge in [-0.15, -0.1) is 0 Å². The van der Waals surface area contributed by atoms with Crippen molar-refractivity contribution in [3.8, 4) is 11.5 Å². The predicted octanol–water partition coefficient (Wildman–Crippen LogP) is 0.344. The molecule has 1 saturated heterocycles. The molecular formula is C13H14N6O. The Morgan fingerprint density at radius 2 is 2.10 bits per heavy atom. The molecule has 20 heavy (non-hydrogen) atoms. The quantitative estimate of drug-likeness (QED) is 0.745. The van der Waals surface area contributed by atoms with Crippen LogP contribution in [0.2, 0.25) is 0 Å². The van der Waals surface area contributed by atoms with E-state index >= 15 is 0 Å². The standard InChI is InChI=1S/C13H14N6O/c20-13(11-4-6-17-19-11)18-9-7-15-12(16-8-9)10-3-1-2-5-14-10/h1-3,5,7-8,11,17,19H,4,6H2,(H,18,20). The summed E-state index contributed by atoms with van der Waals surface area (Å²) in [6.07, 6.45) is 5.61. The number of aromatic nitrogens is 3. The van der Waals surface area contributed by atoms with Crippen LogP contribution in [0.5, 0.6) is 0 Å². The molecular weight excluding hydrogens is 256 g/mol. The van der Waals surface area contributed by atoms with E-state index in [0.29, 0.717) is 17.2 Å². The topological polar surface area (TPSA) is 91.8 Å². The maximum absolute atomic E-state index is 11.9. The molecule has 0 bridgehead atoms. The first-order valence-electron chi connectivity index (χ1n) is 6.35. The summed E-state index contributed by atoms with van der Waals surface area (Å²) in [5, 5.41) is 2.78. The molecule has 0 radical (unpaired) electrons. The number of carbonyl (C=O) groups is 1. The molecule has 1 atom stereocenters. The van der Waals surface area contributed by atoms with E-state index in [-0.39, 0.29) is 11.9 Å². The molecule has 0 saturated carbocycles. The predicted molar refractivity (Wildman–Crippen MR) is 73.4 cm³/mol. The fourth-order valence-electron chi connectivity index (χ4n) is 1.93. The van der Waals surface area contributed by atoms with Gasteiger partial charge in [-0.05, 0) is 18.6 Å². The number of carbonyl (C=O) groups excluding carboxylic acids is 1. The van der Waals surface area contributed by atoms with Crippen molar-refractivity contribution in [2.24, 2.45) is 0 Å². The van der Waals surface area contributed by atoms with Crippen molar-refractivity contribution in [2.75, 3.05) is 11.9 Å². The van der Waals surface area contributed by atoms with Gasteiger partial charge in [0.25, 0.3) is 0 Å². The Labute approximate surface area is 115 Å². The summed E-state index contributed by atoms with van der Waals surface area (Å²) in [6.45, 7) is 0.785. The van der Waals surface area contributed by atoms with Crippen LogP contribution in [-0.4, -0.2) is 33.4 Å². The molecule has 1 amide bonds. The first-order valence-corrected chi connectivity index (χ1v) is 6.35. The summed E-state index contributed by atoms with van der Waals surface area (Å²) in [7, 11) is 0. The number of rotatable bonds is 3. The van der Waals surface area contributed by atoms with Gasteiger partial charge in [-0.25, -0.2) is 15.4 Å². The Hall–Kier alpha value is -2.38. The zero-order valence-electron chi connectivity index (χ0n) is 10.7. The Balaban J connectivity index is 1.68. The van der Waals surface area contributed by atoms with Crippen molar-refractivity contribution in [3.05, 3.63) is 36.8 Å². The Bertz CT molecular complexity index is 580. The lowest BCUT2D eigenvalue weighted by molar-refractivity contribution is -0.117. The van der Waals surface area contributed by atoms with Gasteiger partial charge in [0.15, 0.2) is 5.82 Å². The molecule has 1 fully saturated rings. The highest BCUT2D eigenvalue weighted by Crippen LogP contribution is 2.12. The summed E-state index contributed by atoms with van der Waals surface area (Å²) >= 11 is 0. The molecule has 1 aliphatic heterocycles. The minimum absolute atomic E-state index is 0.0933. The number of nitrogens with zero attached hydrogens (tertiary/aromatic N) is 3. The first-order chi connectivity index (χ1) is 9.83. The van der Waals surface area contributed by atoms with Crippen LogP contribution < -0.4 is 16.2 Å². The van der Waals surface area contributed by atoms with E-state index in [4.69, 9.17) is 0 Å². The maximum atomic E-state index is 11.9. The number of nitrogens with one attached hydrogen (secondary N) is 3. The zero-order valence-corrected chi connectivity index (χ0v) is 10.7. The highest BCUT2D eigenvalue weighted by molar-refractivity contribution is 5.94. The second-order valence-electron chi connectivity index (χ2n) is 4.41. The maximum Gasteiger partial charge on any atom is 0.242 e. The third kappa shape index (κ3) is 2.79. The minimum atomic E-state index is -0.217. The van der Waals surface area contributed by atoms with Crippen molar-refractivity contribution in [3.63, 3.8) is 0 Å². The highest BCUT2D eigenvalue weighted by atomic mass is 16.2. The molecule has 1 unspecified atom stereocenters. The monoisotopic (exact) mass is 270 g/mol. The lowest BCUT2D eigenvalue weighted by Gasteiger charge is -2.10. The van der Waals surface area contributed by atoms with Gasteiger partial charge in [0.05, 0.1) is 18.1 Å². The fourth-order valence-corrected chi connectivity index (χ4v) is 1.93. The molecule has 0 aliphatic carbocycles. The molecule has 3 heterocycles. The van der Waals surface area contributed by atoms with Crippen LogP contribution in [0, 0.1) is 0 Å². The molecule has 2 aromatic heterocycles. The molecule has 0 spiro atoms. The highest BCUT2D eigenvalue weighted by Gasteiger charge is 2.21. The molecule has 3 N–H and O–H groups in total. The van der Waals surface area contributed by atoms with E-state index in [1.165, 1.54) is 0 Å². The minimum Gasteiger partial charge on any atom is -0.322 e. The van der Waals surface area contributed by atoms with Gasteiger partial charge >= 0.3 is 0 Å². The lowest BCUT2D eigenvalue weighted by atomic mass is 10.2. The number of hydrogen-bond donors (Lipinski definition) is 3. The molecule has 7 nitrogen and oxygen atoms in total. The normalized spacial score (nSPS) is 17.9. The van der Waals surface area contributed by atoms with Gasteiger partial charge in [-0.2, -0.15) is 0 Å². The second kappa shape index (κ2) is 5.72. The van der Waals surface area contributed by atoms with Gasteiger partial charge in [0, 0.05) is 12.7 Å². The third-order valence-corrected chi connectivity index (χ3v) is 2.96. The molecule has 2 aromatic rings. The third-order valence-electron chi connectivity index (χ3n) is 2.96. The summed E-state index contributed by atoms with van der Waals surface area (Å²) in [4.78, 5) is 24.5. The van der Waals surface area contributed by atoms with Crippen molar-refractivity contribution < 1.29 is 4.79 Å². The molecule has 0 aromatic carbocycles. The van der Waals surface area contributed by atoms with E-state index in [1.54, 1.807) is 18.6 Å². The Morgan fingerprint density at radius 1 is 1.25 bits per heavy atom. The van der Waals surface area contributed by atoms with Crippen molar-refractivity contribution >= 4 is 11.6 Å².